The molecule has 1 aromatic heterocycles. The van der Waals surface area contributed by atoms with E-state index >= 15 is 0 Å². The molecular formula is C9H8OS. The summed E-state index contributed by atoms with van der Waals surface area (Å²) in [6, 6.07) is 10.1. The van der Waals surface area contributed by atoms with Crippen LogP contribution in [0.3, 0.4) is 0 Å². The van der Waals surface area contributed by atoms with Crippen LogP contribution in [0.25, 0.3) is 11.0 Å². The SMILES string of the molecule is CSc1cc2ccccc2o1. The number of hydrogen-bond donors (Lipinski definition) is 0. The molecule has 2 rings (SSSR count). The number of fused-ring (bicyclic) bond motifs is 1. The third kappa shape index (κ3) is 1.14. The smallest absolute Gasteiger partial charge is 0.161 e. The van der Waals surface area contributed by atoms with Gasteiger partial charge in [0.1, 0.15) is 5.58 Å². The van der Waals surface area contributed by atoms with Gasteiger partial charge in [-0.3, -0.25) is 0 Å². The molecule has 2 heteroatoms. The van der Waals surface area contributed by atoms with Gasteiger partial charge in [0.25, 0.3) is 0 Å². The topological polar surface area (TPSA) is 13.1 Å². The lowest BCUT2D eigenvalue weighted by Gasteiger charge is -1.83. The zero-order valence-corrected chi connectivity index (χ0v) is 7.02. The molecule has 1 nitrogen and oxygen atoms in total. The zero-order valence-electron chi connectivity index (χ0n) is 6.20. The van der Waals surface area contributed by atoms with E-state index < -0.39 is 0 Å². The highest BCUT2D eigenvalue weighted by atomic mass is 32.2. The molecule has 0 unspecified atom stereocenters. The fourth-order valence-corrected chi connectivity index (χ4v) is 1.48. The Bertz CT molecular complexity index is 331. The summed E-state index contributed by atoms with van der Waals surface area (Å²) in [7, 11) is 0. The maximum atomic E-state index is 5.48. The average Bonchev–Trinajstić information content (AvgIpc) is 2.46. The highest BCUT2D eigenvalue weighted by Gasteiger charge is 1.99. The molecule has 0 aliphatic heterocycles. The Labute approximate surface area is 69.4 Å². The van der Waals surface area contributed by atoms with Gasteiger partial charge >= 0.3 is 0 Å². The molecule has 0 radical (unpaired) electrons. The average molecular weight is 164 g/mol. The van der Waals surface area contributed by atoms with Crippen molar-refractivity contribution in [1.82, 2.24) is 0 Å². The Kier molecular flexibility index (Phi) is 1.62. The Balaban J connectivity index is 2.69. The monoisotopic (exact) mass is 164 g/mol. The van der Waals surface area contributed by atoms with Gasteiger partial charge in [-0.1, -0.05) is 30.0 Å². The molecule has 1 aromatic carbocycles. The van der Waals surface area contributed by atoms with Crippen molar-refractivity contribution in [3.63, 3.8) is 0 Å². The lowest BCUT2D eigenvalue weighted by Crippen LogP contribution is -1.57. The molecule has 0 atom stereocenters. The molecule has 0 bridgehead atoms. The number of thioether (sulfide) groups is 1. The second-order valence-electron chi connectivity index (χ2n) is 2.31. The van der Waals surface area contributed by atoms with Crippen molar-refractivity contribution in [2.24, 2.45) is 0 Å². The van der Waals surface area contributed by atoms with Crippen LogP contribution in [0.15, 0.2) is 39.8 Å². The van der Waals surface area contributed by atoms with Crippen LogP contribution in [0.1, 0.15) is 0 Å². The van der Waals surface area contributed by atoms with Crippen molar-refractivity contribution in [3.8, 4) is 0 Å². The largest absolute Gasteiger partial charge is 0.450 e. The van der Waals surface area contributed by atoms with Gasteiger partial charge in [0.15, 0.2) is 5.09 Å². The number of para-hydroxylation sites is 1. The first-order valence-electron chi connectivity index (χ1n) is 3.43. The van der Waals surface area contributed by atoms with Gasteiger partial charge in [-0.2, -0.15) is 0 Å². The summed E-state index contributed by atoms with van der Waals surface area (Å²) in [5, 5.41) is 2.16. The summed E-state index contributed by atoms with van der Waals surface area (Å²) >= 11 is 1.63. The Morgan fingerprint density at radius 3 is 2.82 bits per heavy atom. The second-order valence-corrected chi connectivity index (χ2v) is 3.12. The van der Waals surface area contributed by atoms with E-state index in [0.29, 0.717) is 0 Å². The summed E-state index contributed by atoms with van der Waals surface area (Å²) in [6.45, 7) is 0. The molecule has 56 valence electrons. The van der Waals surface area contributed by atoms with E-state index in [2.05, 4.69) is 12.1 Å². The summed E-state index contributed by atoms with van der Waals surface area (Å²) < 4.78 is 5.48. The van der Waals surface area contributed by atoms with E-state index in [4.69, 9.17) is 4.42 Å². The van der Waals surface area contributed by atoms with Crippen LogP contribution in [0, 0.1) is 0 Å². The van der Waals surface area contributed by atoms with Crippen LogP contribution in [-0.2, 0) is 0 Å². The van der Waals surface area contributed by atoms with Gasteiger partial charge < -0.3 is 4.42 Å². The summed E-state index contributed by atoms with van der Waals surface area (Å²) in [5.41, 5.74) is 0.969. The second kappa shape index (κ2) is 2.62. The summed E-state index contributed by atoms with van der Waals surface area (Å²) in [6.07, 6.45) is 2.01. The van der Waals surface area contributed by atoms with E-state index in [-0.39, 0.29) is 0 Å². The van der Waals surface area contributed by atoms with Gasteiger partial charge in [0, 0.05) is 5.39 Å². The zero-order chi connectivity index (χ0) is 7.68. The maximum Gasteiger partial charge on any atom is 0.161 e. The van der Waals surface area contributed by atoms with Crippen molar-refractivity contribution in [1.29, 1.82) is 0 Å². The van der Waals surface area contributed by atoms with Crippen molar-refractivity contribution in [2.75, 3.05) is 6.26 Å². The fourth-order valence-electron chi connectivity index (χ4n) is 1.06. The van der Waals surface area contributed by atoms with E-state index in [1.54, 1.807) is 11.8 Å². The van der Waals surface area contributed by atoms with E-state index in [1.807, 2.05) is 24.5 Å². The first-order valence-corrected chi connectivity index (χ1v) is 4.65. The predicted octanol–water partition coefficient (Wildman–Crippen LogP) is 3.15. The van der Waals surface area contributed by atoms with Gasteiger partial charge in [0.2, 0.25) is 0 Å². The standard InChI is InChI=1S/C9H8OS/c1-11-9-6-7-4-2-3-5-8(7)10-9/h2-6H,1H3. The van der Waals surface area contributed by atoms with Crippen molar-refractivity contribution in [3.05, 3.63) is 30.3 Å². The van der Waals surface area contributed by atoms with Gasteiger partial charge in [-0.15, -0.1) is 0 Å². The van der Waals surface area contributed by atoms with Crippen LogP contribution in [0.4, 0.5) is 0 Å². The highest BCUT2D eigenvalue weighted by molar-refractivity contribution is 7.98. The van der Waals surface area contributed by atoms with Gasteiger partial charge in [0.05, 0.1) is 0 Å². The maximum absolute atomic E-state index is 5.48. The molecule has 0 saturated heterocycles. The first kappa shape index (κ1) is 6.80. The van der Waals surface area contributed by atoms with Gasteiger partial charge in [-0.25, -0.2) is 0 Å². The van der Waals surface area contributed by atoms with Crippen LogP contribution < -0.4 is 0 Å². The number of benzene rings is 1. The molecule has 0 aliphatic rings. The van der Waals surface area contributed by atoms with Crippen LogP contribution in [0.2, 0.25) is 0 Å². The third-order valence-electron chi connectivity index (χ3n) is 1.60. The highest BCUT2D eigenvalue weighted by Crippen LogP contribution is 2.24. The molecule has 0 amide bonds. The molecule has 0 N–H and O–H groups in total. The predicted molar refractivity (Wildman–Crippen MR) is 48.0 cm³/mol. The van der Waals surface area contributed by atoms with Crippen LogP contribution in [-0.4, -0.2) is 6.26 Å². The molecule has 11 heavy (non-hydrogen) atoms. The molecule has 0 fully saturated rings. The minimum Gasteiger partial charge on any atom is -0.450 e. The van der Waals surface area contributed by atoms with Gasteiger partial charge in [-0.05, 0) is 18.4 Å². The summed E-state index contributed by atoms with van der Waals surface area (Å²) in [5.74, 6) is 0. The van der Waals surface area contributed by atoms with Crippen LogP contribution >= 0.6 is 11.8 Å². The quantitative estimate of drug-likeness (QED) is 0.600. The Hall–Kier alpha value is -0.890. The fraction of sp³-hybridized carbons (Fsp3) is 0.111. The van der Waals surface area contributed by atoms with E-state index in [0.717, 1.165) is 10.7 Å². The van der Waals surface area contributed by atoms with Crippen molar-refractivity contribution in [2.45, 2.75) is 5.09 Å². The molecule has 0 spiro atoms. The normalized spacial score (nSPS) is 10.6. The number of furan rings is 1. The minimum atomic E-state index is 0.969. The van der Waals surface area contributed by atoms with Crippen molar-refractivity contribution >= 4 is 22.7 Å². The Morgan fingerprint density at radius 2 is 2.09 bits per heavy atom. The van der Waals surface area contributed by atoms with Crippen molar-refractivity contribution < 1.29 is 4.42 Å². The van der Waals surface area contributed by atoms with Crippen LogP contribution in [0.5, 0.6) is 0 Å². The van der Waals surface area contributed by atoms with E-state index in [1.165, 1.54) is 5.39 Å². The molecule has 2 aromatic rings. The molecule has 0 aliphatic carbocycles. The minimum absolute atomic E-state index is 0.969. The third-order valence-corrected chi connectivity index (χ3v) is 2.21. The molecule has 0 saturated carbocycles. The first-order chi connectivity index (χ1) is 5.40. The van der Waals surface area contributed by atoms with E-state index in [9.17, 15) is 0 Å². The number of rotatable bonds is 1. The number of hydrogen-bond acceptors (Lipinski definition) is 2. The lowest BCUT2D eigenvalue weighted by molar-refractivity contribution is 0.516. The molecule has 1 heterocycles. The molecular weight excluding hydrogens is 156 g/mol. The Morgan fingerprint density at radius 1 is 1.27 bits per heavy atom. The summed E-state index contributed by atoms with van der Waals surface area (Å²) in [4.78, 5) is 0. The lowest BCUT2D eigenvalue weighted by atomic mass is 10.3.